The van der Waals surface area contributed by atoms with Gasteiger partial charge >= 0.3 is 5.97 Å². The second-order valence-corrected chi connectivity index (χ2v) is 18.7. The first kappa shape index (κ1) is 28.8. The lowest BCUT2D eigenvalue weighted by Crippen LogP contribution is -2.56. The molecular weight excluding hydrogens is 489 g/mol. The Morgan fingerprint density at radius 2 is 1.11 bits per heavy atom. The van der Waals surface area contributed by atoms with Crippen molar-refractivity contribution in [3.05, 3.63) is 120 Å². The number of hydrogen-bond acceptors (Lipinski definition) is 3. The molecule has 0 aliphatic rings. The van der Waals surface area contributed by atoms with Crippen molar-refractivity contribution in [3.8, 4) is 0 Å². The minimum atomic E-state index is -2.36. The van der Waals surface area contributed by atoms with Crippen LogP contribution in [0.3, 0.4) is 0 Å². The molecule has 5 heteroatoms. The molecule has 0 aliphatic heterocycles. The minimum absolute atomic E-state index is 0.304. The van der Waals surface area contributed by atoms with E-state index in [0.29, 0.717) is 12.2 Å². The molecule has 0 unspecified atom stereocenters. The highest BCUT2D eigenvalue weighted by Gasteiger charge is 2.44. The Kier molecular flexibility index (Phi) is 11.1. The monoisotopic (exact) mass is 530 g/mol. The molecule has 0 fully saturated rings. The van der Waals surface area contributed by atoms with Crippen molar-refractivity contribution in [3.63, 3.8) is 0 Å². The van der Waals surface area contributed by atoms with Gasteiger partial charge in [-0.1, -0.05) is 111 Å². The van der Waals surface area contributed by atoms with E-state index in [1.807, 2.05) is 0 Å². The van der Waals surface area contributed by atoms with E-state index in [-0.39, 0.29) is 5.97 Å². The molecule has 3 nitrogen and oxygen atoms in total. The fourth-order valence-electron chi connectivity index (χ4n) is 5.14. The summed E-state index contributed by atoms with van der Waals surface area (Å²) in [4.78, 5) is 11.9. The lowest BCUT2D eigenvalue weighted by Gasteiger charge is -2.42. The van der Waals surface area contributed by atoms with Crippen LogP contribution in [0.5, 0.6) is 0 Å². The van der Waals surface area contributed by atoms with Gasteiger partial charge in [0, 0.05) is 5.57 Å². The highest BCUT2D eigenvalue weighted by molar-refractivity contribution is 6.86. The summed E-state index contributed by atoms with van der Waals surface area (Å²) in [6.07, 6.45) is 0.833. The van der Waals surface area contributed by atoms with Crippen molar-refractivity contribution in [2.75, 3.05) is 6.61 Å². The number of rotatable bonds is 15. The van der Waals surface area contributed by atoms with Crippen LogP contribution in [0.4, 0.5) is 0 Å². The Labute approximate surface area is 225 Å². The molecule has 0 saturated heterocycles. The zero-order valence-electron chi connectivity index (χ0n) is 22.7. The molecule has 0 saturated carbocycles. The quantitative estimate of drug-likeness (QED) is 0.0870. The third-order valence-corrected chi connectivity index (χ3v) is 17.7. The van der Waals surface area contributed by atoms with E-state index in [0.717, 1.165) is 42.7 Å². The SMILES string of the molecule is C=C(C)C(=O)OCCC[Si](CC)(CC)O[Si](Cc1ccccc1)(Cc1ccccc1)Cc1ccccc1. The maximum atomic E-state index is 11.9. The Morgan fingerprint density at radius 3 is 1.46 bits per heavy atom. The van der Waals surface area contributed by atoms with Crippen LogP contribution < -0.4 is 0 Å². The van der Waals surface area contributed by atoms with Crippen molar-refractivity contribution in [1.29, 1.82) is 0 Å². The van der Waals surface area contributed by atoms with Crippen molar-refractivity contribution in [2.24, 2.45) is 0 Å². The summed E-state index contributed by atoms with van der Waals surface area (Å²) in [5, 5.41) is 0. The van der Waals surface area contributed by atoms with Crippen molar-refractivity contribution in [2.45, 2.75) is 63.5 Å². The van der Waals surface area contributed by atoms with Gasteiger partial charge in [0.15, 0.2) is 16.6 Å². The predicted octanol–water partition coefficient (Wildman–Crippen LogP) is 7.79. The van der Waals surface area contributed by atoms with E-state index in [2.05, 4.69) is 111 Å². The van der Waals surface area contributed by atoms with Crippen LogP contribution in [0.25, 0.3) is 0 Å². The van der Waals surface area contributed by atoms with Crippen LogP contribution in [0, 0.1) is 0 Å². The maximum Gasteiger partial charge on any atom is 0.333 e. The van der Waals surface area contributed by atoms with Gasteiger partial charge in [-0.2, -0.15) is 0 Å². The molecule has 0 aliphatic carbocycles. The highest BCUT2D eigenvalue weighted by Crippen LogP contribution is 2.33. The van der Waals surface area contributed by atoms with Crippen molar-refractivity contribution < 1.29 is 13.6 Å². The predicted molar refractivity (Wildman–Crippen MR) is 159 cm³/mol. The number of carbonyl (C=O) groups is 1. The molecule has 0 aromatic heterocycles. The van der Waals surface area contributed by atoms with Crippen molar-refractivity contribution in [1.82, 2.24) is 0 Å². The van der Waals surface area contributed by atoms with E-state index in [1.54, 1.807) is 6.92 Å². The van der Waals surface area contributed by atoms with Gasteiger partial charge in [0.1, 0.15) is 0 Å². The largest absolute Gasteiger partial charge is 0.462 e. The van der Waals surface area contributed by atoms with E-state index in [1.165, 1.54) is 16.7 Å². The average Bonchev–Trinajstić information content (AvgIpc) is 2.92. The van der Waals surface area contributed by atoms with E-state index in [4.69, 9.17) is 8.85 Å². The summed E-state index contributed by atoms with van der Waals surface area (Å²) in [6, 6.07) is 38.7. The van der Waals surface area contributed by atoms with Gasteiger partial charge in [0.25, 0.3) is 0 Å². The number of benzene rings is 3. The molecule has 0 spiro atoms. The lowest BCUT2D eigenvalue weighted by molar-refractivity contribution is -0.138. The molecule has 0 radical (unpaired) electrons. The highest BCUT2D eigenvalue weighted by atomic mass is 28.4. The minimum Gasteiger partial charge on any atom is -0.462 e. The van der Waals surface area contributed by atoms with Gasteiger partial charge in [-0.15, -0.1) is 0 Å². The first-order valence-electron chi connectivity index (χ1n) is 13.5. The third kappa shape index (κ3) is 8.95. The van der Waals surface area contributed by atoms with Gasteiger partial charge in [-0.3, -0.25) is 0 Å². The van der Waals surface area contributed by atoms with Gasteiger partial charge in [0.05, 0.1) is 6.61 Å². The lowest BCUT2D eigenvalue weighted by atomic mass is 10.2. The summed E-state index contributed by atoms with van der Waals surface area (Å²) >= 11 is 0. The summed E-state index contributed by atoms with van der Waals surface area (Å²) in [6.45, 7) is 10.4. The van der Waals surface area contributed by atoms with Crippen LogP contribution >= 0.6 is 0 Å². The number of hydrogen-bond donors (Lipinski definition) is 0. The Balaban J connectivity index is 1.96. The first-order chi connectivity index (χ1) is 17.9. The normalized spacial score (nSPS) is 11.8. The molecule has 3 aromatic carbocycles. The van der Waals surface area contributed by atoms with Crippen LogP contribution in [0.15, 0.2) is 103 Å². The maximum absolute atomic E-state index is 11.9. The van der Waals surface area contributed by atoms with E-state index < -0.39 is 16.6 Å². The molecule has 196 valence electrons. The van der Waals surface area contributed by atoms with Crippen LogP contribution in [0.1, 0.15) is 43.9 Å². The second-order valence-electron chi connectivity index (χ2n) is 10.2. The average molecular weight is 531 g/mol. The molecule has 0 atom stereocenters. The topological polar surface area (TPSA) is 35.5 Å². The van der Waals surface area contributed by atoms with Gasteiger partial charge in [-0.05, 0) is 66.3 Å². The van der Waals surface area contributed by atoms with Gasteiger partial charge in [0.2, 0.25) is 0 Å². The van der Waals surface area contributed by atoms with Crippen molar-refractivity contribution >= 4 is 22.6 Å². The zero-order valence-corrected chi connectivity index (χ0v) is 24.7. The molecular formula is C32H42O3Si2. The Hall–Kier alpha value is -2.74. The molecule has 0 N–H and O–H groups in total. The molecule has 0 bridgehead atoms. The standard InChI is InChI=1S/C32H42O3Si2/c1-5-36(6-2,24-16-23-34-32(33)28(3)4)35-37(25-29-17-10-7-11-18-29,26-30-19-12-8-13-20-30)27-31-21-14-9-15-22-31/h7-15,17-22H,3,5-6,16,23-27H2,1-2,4H3. The van der Waals surface area contributed by atoms with Crippen LogP contribution in [-0.4, -0.2) is 29.2 Å². The second kappa shape index (κ2) is 14.3. The molecule has 0 amide bonds. The third-order valence-electron chi connectivity index (χ3n) is 7.19. The van der Waals surface area contributed by atoms with Gasteiger partial charge in [-0.25, -0.2) is 4.79 Å². The first-order valence-corrected chi connectivity index (χ1v) is 18.6. The number of carbonyl (C=O) groups excluding carboxylic acids is 1. The van der Waals surface area contributed by atoms with E-state index in [9.17, 15) is 4.79 Å². The smallest absolute Gasteiger partial charge is 0.333 e. The molecule has 37 heavy (non-hydrogen) atoms. The summed E-state index contributed by atoms with van der Waals surface area (Å²) in [5.41, 5.74) is 4.51. The Morgan fingerprint density at radius 1 is 0.703 bits per heavy atom. The molecule has 3 aromatic rings. The van der Waals surface area contributed by atoms with E-state index >= 15 is 0 Å². The zero-order chi connectivity index (χ0) is 26.6. The fraction of sp³-hybridized carbons (Fsp3) is 0.344. The summed E-state index contributed by atoms with van der Waals surface area (Å²) in [7, 11) is -4.45. The summed E-state index contributed by atoms with van der Waals surface area (Å²) in [5.74, 6) is -0.304. The molecule has 0 heterocycles. The van der Waals surface area contributed by atoms with Gasteiger partial charge < -0.3 is 8.85 Å². The molecule has 3 rings (SSSR count). The van der Waals surface area contributed by atoms with Crippen LogP contribution in [0.2, 0.25) is 18.1 Å². The Bertz CT molecular complexity index is 995. The fourth-order valence-corrected chi connectivity index (χ4v) is 16.6. The summed E-state index contributed by atoms with van der Waals surface area (Å²) < 4.78 is 13.2. The number of esters is 1. The number of ether oxygens (including phenoxy) is 1. The van der Waals surface area contributed by atoms with Crippen LogP contribution in [-0.2, 0) is 31.8 Å².